The summed E-state index contributed by atoms with van der Waals surface area (Å²) in [5.74, 6) is -1.06. The molecule has 0 aromatic rings. The lowest BCUT2D eigenvalue weighted by atomic mass is 10.1. The van der Waals surface area contributed by atoms with Crippen molar-refractivity contribution in [2.75, 3.05) is 26.4 Å². The summed E-state index contributed by atoms with van der Waals surface area (Å²) in [6.45, 7) is 1.96. The van der Waals surface area contributed by atoms with Crippen LogP contribution in [0.5, 0.6) is 0 Å². The molecule has 0 spiro atoms. The van der Waals surface area contributed by atoms with Crippen molar-refractivity contribution in [1.82, 2.24) is 0 Å². The summed E-state index contributed by atoms with van der Waals surface area (Å²) in [5.41, 5.74) is 0. The van der Waals surface area contributed by atoms with Crippen LogP contribution in [0.25, 0.3) is 0 Å². The lowest BCUT2D eigenvalue weighted by Gasteiger charge is -2.20. The number of carbonyl (C=O) groups excluding carboxylic acids is 2. The van der Waals surface area contributed by atoms with E-state index in [1.165, 1.54) is 6.42 Å². The highest BCUT2D eigenvalue weighted by molar-refractivity contribution is 7.47. The van der Waals surface area contributed by atoms with Gasteiger partial charge in [0.2, 0.25) is 0 Å². The summed E-state index contributed by atoms with van der Waals surface area (Å²) < 4.78 is 32.4. The van der Waals surface area contributed by atoms with E-state index in [0.29, 0.717) is 12.8 Å². The van der Waals surface area contributed by atoms with Crippen molar-refractivity contribution < 1.29 is 47.8 Å². The normalized spacial score (nSPS) is 14.7. The molecule has 0 aliphatic heterocycles. The summed E-state index contributed by atoms with van der Waals surface area (Å²) in [5, 5.41) is 19.1. The molecule has 0 aliphatic rings. The largest absolute Gasteiger partial charge is 0.472 e. The average molecular weight is 741 g/mol. The van der Waals surface area contributed by atoms with Crippen LogP contribution in [-0.4, -0.2) is 65.7 Å². The van der Waals surface area contributed by atoms with E-state index in [0.717, 1.165) is 96.3 Å². The Hall–Kier alpha value is -2.33. The van der Waals surface area contributed by atoms with Gasteiger partial charge in [-0.05, 0) is 70.6 Å². The summed E-state index contributed by atoms with van der Waals surface area (Å²) >= 11 is 0. The van der Waals surface area contributed by atoms with E-state index in [1.807, 2.05) is 0 Å². The number of aliphatic hydroxyl groups excluding tert-OH is 2. The van der Waals surface area contributed by atoms with Crippen LogP contribution >= 0.6 is 7.82 Å². The molecular weight excluding hydrogens is 671 g/mol. The molecular formula is C40H69O10P. The van der Waals surface area contributed by atoms with Gasteiger partial charge in [-0.2, -0.15) is 0 Å². The third kappa shape index (κ3) is 34.5. The molecule has 0 aromatic carbocycles. The van der Waals surface area contributed by atoms with Gasteiger partial charge in [-0.1, -0.05) is 120 Å². The van der Waals surface area contributed by atoms with Crippen LogP contribution in [0, 0.1) is 0 Å². The number of phosphoric ester groups is 1. The third-order valence-electron chi connectivity index (χ3n) is 7.69. The Kier molecular flexibility index (Phi) is 34.4. The standard InChI is InChI=1S/C40H69O10P/c1-3-5-7-9-11-13-15-17-18-20-22-24-26-28-30-32-40(44)50-38(34-42)36-48-51(45,46)47-35-37(33-41)49-39(43)31-29-27-25-23-21-19-16-14-12-10-8-6-4-2/h5,7-8,10-11,13-14,16-18,37-38,41-42H,3-4,6,9,12,15,19-36H2,1-2H3,(H,45,46)/b7-5-,10-8-,13-11-,16-14-,18-17-. The van der Waals surface area contributed by atoms with Gasteiger partial charge in [-0.25, -0.2) is 4.57 Å². The van der Waals surface area contributed by atoms with E-state index in [1.54, 1.807) is 0 Å². The summed E-state index contributed by atoms with van der Waals surface area (Å²) in [4.78, 5) is 34.4. The van der Waals surface area contributed by atoms with Crippen molar-refractivity contribution in [3.05, 3.63) is 60.8 Å². The third-order valence-corrected chi connectivity index (χ3v) is 8.65. The predicted molar refractivity (Wildman–Crippen MR) is 205 cm³/mol. The fourth-order valence-electron chi connectivity index (χ4n) is 4.75. The maximum Gasteiger partial charge on any atom is 0.472 e. The Morgan fingerprint density at radius 3 is 1.33 bits per heavy atom. The van der Waals surface area contributed by atoms with Gasteiger partial charge in [0.15, 0.2) is 0 Å². The van der Waals surface area contributed by atoms with Crippen LogP contribution in [0.3, 0.4) is 0 Å². The highest BCUT2D eigenvalue weighted by atomic mass is 31.2. The molecule has 0 bridgehead atoms. The van der Waals surface area contributed by atoms with Crippen LogP contribution < -0.4 is 0 Å². The van der Waals surface area contributed by atoms with Crippen LogP contribution in [0.1, 0.15) is 142 Å². The SMILES string of the molecule is CC/C=C\C/C=C\C/C=C\CCCCCCCC(=O)OC(CO)COP(=O)(O)OCC(CO)OC(=O)CCCCCCC/C=C\C/C=C\CCC. The smallest absolute Gasteiger partial charge is 0.457 e. The van der Waals surface area contributed by atoms with Crippen LogP contribution in [-0.2, 0) is 32.7 Å². The van der Waals surface area contributed by atoms with Gasteiger partial charge < -0.3 is 24.6 Å². The highest BCUT2D eigenvalue weighted by Crippen LogP contribution is 2.43. The summed E-state index contributed by atoms with van der Waals surface area (Å²) in [7, 11) is -4.64. The number of phosphoric acid groups is 1. The van der Waals surface area contributed by atoms with Crippen molar-refractivity contribution in [3.63, 3.8) is 0 Å². The van der Waals surface area contributed by atoms with Gasteiger partial charge >= 0.3 is 19.8 Å². The molecule has 51 heavy (non-hydrogen) atoms. The molecule has 3 atom stereocenters. The molecule has 10 nitrogen and oxygen atoms in total. The average Bonchev–Trinajstić information content (AvgIpc) is 3.12. The first kappa shape index (κ1) is 48.7. The summed E-state index contributed by atoms with van der Waals surface area (Å²) in [6.07, 6.45) is 37.7. The molecule has 0 heterocycles. The van der Waals surface area contributed by atoms with E-state index in [4.69, 9.17) is 18.5 Å². The Morgan fingerprint density at radius 1 is 0.549 bits per heavy atom. The molecule has 3 N–H and O–H groups in total. The second-order valence-electron chi connectivity index (χ2n) is 12.5. The Morgan fingerprint density at radius 2 is 0.922 bits per heavy atom. The second kappa shape index (κ2) is 36.0. The van der Waals surface area contributed by atoms with Crippen LogP contribution in [0.4, 0.5) is 0 Å². The number of rotatable bonds is 35. The number of aliphatic hydroxyl groups is 2. The molecule has 0 aromatic heterocycles. The molecule has 294 valence electrons. The monoisotopic (exact) mass is 740 g/mol. The number of esters is 2. The minimum absolute atomic E-state index is 0.169. The van der Waals surface area contributed by atoms with Gasteiger partial charge in [0.1, 0.15) is 12.2 Å². The quantitative estimate of drug-likeness (QED) is 0.0248. The van der Waals surface area contributed by atoms with Crippen LogP contribution in [0.15, 0.2) is 60.8 Å². The van der Waals surface area contributed by atoms with Gasteiger partial charge in [-0.3, -0.25) is 18.6 Å². The van der Waals surface area contributed by atoms with E-state index >= 15 is 0 Å². The molecule has 0 saturated carbocycles. The highest BCUT2D eigenvalue weighted by Gasteiger charge is 2.27. The van der Waals surface area contributed by atoms with E-state index in [9.17, 15) is 29.3 Å². The van der Waals surface area contributed by atoms with Crippen molar-refractivity contribution in [2.24, 2.45) is 0 Å². The zero-order valence-electron chi connectivity index (χ0n) is 31.5. The summed E-state index contributed by atoms with van der Waals surface area (Å²) in [6, 6.07) is 0. The lowest BCUT2D eigenvalue weighted by molar-refractivity contribution is -0.153. The minimum atomic E-state index is -4.64. The van der Waals surface area contributed by atoms with Gasteiger partial charge in [0.25, 0.3) is 0 Å². The van der Waals surface area contributed by atoms with Gasteiger partial charge in [0.05, 0.1) is 26.4 Å². The zero-order valence-corrected chi connectivity index (χ0v) is 32.4. The first-order valence-electron chi connectivity index (χ1n) is 19.2. The maximum absolute atomic E-state index is 12.3. The van der Waals surface area contributed by atoms with Crippen LogP contribution in [0.2, 0.25) is 0 Å². The first-order chi connectivity index (χ1) is 24.8. The van der Waals surface area contributed by atoms with Gasteiger partial charge in [0, 0.05) is 12.8 Å². The second-order valence-corrected chi connectivity index (χ2v) is 14.0. The number of hydrogen-bond acceptors (Lipinski definition) is 9. The maximum atomic E-state index is 12.3. The van der Waals surface area contributed by atoms with E-state index in [2.05, 4.69) is 74.6 Å². The molecule has 0 amide bonds. The van der Waals surface area contributed by atoms with E-state index < -0.39 is 58.4 Å². The molecule has 0 saturated heterocycles. The molecule has 11 heteroatoms. The topological polar surface area (TPSA) is 149 Å². The van der Waals surface area contributed by atoms with Crippen molar-refractivity contribution in [3.8, 4) is 0 Å². The van der Waals surface area contributed by atoms with Crippen molar-refractivity contribution in [2.45, 2.75) is 154 Å². The first-order valence-corrected chi connectivity index (χ1v) is 20.7. The Bertz CT molecular complexity index is 1040. The number of carbonyl (C=O) groups is 2. The van der Waals surface area contributed by atoms with Crippen molar-refractivity contribution >= 4 is 19.8 Å². The number of unbranched alkanes of at least 4 members (excludes halogenated alkanes) is 11. The number of hydrogen-bond donors (Lipinski definition) is 3. The van der Waals surface area contributed by atoms with Gasteiger partial charge in [-0.15, -0.1) is 0 Å². The molecule has 0 aliphatic carbocycles. The minimum Gasteiger partial charge on any atom is -0.457 e. The fraction of sp³-hybridized carbons (Fsp3) is 0.700. The number of ether oxygens (including phenoxy) is 2. The fourth-order valence-corrected chi connectivity index (χ4v) is 5.54. The Labute approximate surface area is 308 Å². The molecule has 0 rings (SSSR count). The molecule has 3 unspecified atom stereocenters. The van der Waals surface area contributed by atoms with Crippen molar-refractivity contribution in [1.29, 1.82) is 0 Å². The number of allylic oxidation sites excluding steroid dienone is 10. The zero-order chi connectivity index (χ0) is 37.7. The molecule has 0 radical (unpaired) electrons. The predicted octanol–water partition coefficient (Wildman–Crippen LogP) is 9.55. The van der Waals surface area contributed by atoms with E-state index in [-0.39, 0.29) is 12.8 Å². The Balaban J connectivity index is 4.03. The lowest BCUT2D eigenvalue weighted by Crippen LogP contribution is -2.28. The molecule has 0 fully saturated rings.